The Labute approximate surface area is 195 Å². The van der Waals surface area contributed by atoms with Crippen LogP contribution in [0, 0.1) is 0 Å². The second-order valence-electron chi connectivity index (χ2n) is 8.80. The van der Waals surface area contributed by atoms with E-state index in [9.17, 15) is 9.59 Å². The van der Waals surface area contributed by atoms with Gasteiger partial charge in [0.1, 0.15) is 11.4 Å². The van der Waals surface area contributed by atoms with Gasteiger partial charge >= 0.3 is 0 Å². The van der Waals surface area contributed by atoms with Crippen molar-refractivity contribution in [2.75, 3.05) is 25.1 Å². The standard InChI is InChI=1S/C27H32N2O4/c1-5-6-9-20-12-14-21(15-13-20)29-26(30)24(22-10-7-8-11-23(22)32-4)25(27(29)31)28-16-18(2)33-19(3)17-28/h7-8,10-15,18-19H,5-6,9,16-17H2,1-4H3. The van der Waals surface area contributed by atoms with Gasteiger partial charge in [0.15, 0.2) is 0 Å². The number of nitrogens with zero attached hydrogens (tertiary/aromatic N) is 2. The van der Waals surface area contributed by atoms with E-state index in [0.717, 1.165) is 19.3 Å². The molecule has 2 aliphatic rings. The molecule has 1 saturated heterocycles. The molecule has 2 aromatic rings. The molecule has 0 saturated carbocycles. The van der Waals surface area contributed by atoms with Crippen molar-refractivity contribution < 1.29 is 19.1 Å². The van der Waals surface area contributed by atoms with Gasteiger partial charge in [-0.15, -0.1) is 0 Å². The van der Waals surface area contributed by atoms with Crippen LogP contribution < -0.4 is 9.64 Å². The van der Waals surface area contributed by atoms with Gasteiger partial charge in [-0.1, -0.05) is 43.7 Å². The number of carbonyl (C=O) groups excluding carboxylic acids is 2. The average Bonchev–Trinajstić information content (AvgIpc) is 3.07. The van der Waals surface area contributed by atoms with Gasteiger partial charge in [0.25, 0.3) is 11.8 Å². The monoisotopic (exact) mass is 448 g/mol. The third-order valence-corrected chi connectivity index (χ3v) is 6.19. The Morgan fingerprint density at radius 1 is 0.970 bits per heavy atom. The predicted octanol–water partition coefficient (Wildman–Crippen LogP) is 4.43. The first-order valence-corrected chi connectivity index (χ1v) is 11.7. The quantitative estimate of drug-likeness (QED) is 0.587. The Kier molecular flexibility index (Phi) is 6.84. The third kappa shape index (κ3) is 4.53. The number of hydrogen-bond donors (Lipinski definition) is 0. The van der Waals surface area contributed by atoms with E-state index in [4.69, 9.17) is 9.47 Å². The summed E-state index contributed by atoms with van der Waals surface area (Å²) >= 11 is 0. The summed E-state index contributed by atoms with van der Waals surface area (Å²) in [7, 11) is 1.58. The number of para-hydroxylation sites is 1. The molecule has 2 amide bonds. The zero-order valence-electron chi connectivity index (χ0n) is 19.8. The number of anilines is 1. The van der Waals surface area contributed by atoms with E-state index < -0.39 is 0 Å². The van der Waals surface area contributed by atoms with E-state index in [-0.39, 0.29) is 24.0 Å². The van der Waals surface area contributed by atoms with Crippen LogP contribution in [0.5, 0.6) is 5.75 Å². The van der Waals surface area contributed by atoms with Crippen molar-refractivity contribution in [3.8, 4) is 5.75 Å². The molecule has 2 unspecified atom stereocenters. The maximum Gasteiger partial charge on any atom is 0.282 e. The highest BCUT2D eigenvalue weighted by Gasteiger charge is 2.44. The van der Waals surface area contributed by atoms with Crippen molar-refractivity contribution in [1.29, 1.82) is 0 Å². The summed E-state index contributed by atoms with van der Waals surface area (Å²) in [4.78, 5) is 30.9. The molecule has 2 aliphatic heterocycles. The summed E-state index contributed by atoms with van der Waals surface area (Å²) in [5.41, 5.74) is 3.22. The fourth-order valence-corrected chi connectivity index (χ4v) is 4.69. The lowest BCUT2D eigenvalue weighted by molar-refractivity contribution is -0.121. The first-order valence-electron chi connectivity index (χ1n) is 11.7. The second kappa shape index (κ2) is 9.79. The largest absolute Gasteiger partial charge is 0.496 e. The zero-order valence-corrected chi connectivity index (χ0v) is 19.8. The molecule has 0 aliphatic carbocycles. The number of carbonyl (C=O) groups is 2. The Bertz CT molecular complexity index is 1050. The summed E-state index contributed by atoms with van der Waals surface area (Å²) in [6.07, 6.45) is 3.12. The van der Waals surface area contributed by atoms with Crippen LogP contribution in [0.25, 0.3) is 5.57 Å². The lowest BCUT2D eigenvalue weighted by Gasteiger charge is -2.37. The summed E-state index contributed by atoms with van der Waals surface area (Å²) in [6, 6.07) is 15.1. The molecule has 33 heavy (non-hydrogen) atoms. The molecule has 0 bridgehead atoms. The van der Waals surface area contributed by atoms with Crippen LogP contribution in [0.1, 0.15) is 44.7 Å². The number of ether oxygens (including phenoxy) is 2. The van der Waals surface area contributed by atoms with Crippen molar-refractivity contribution in [3.63, 3.8) is 0 Å². The van der Waals surface area contributed by atoms with Gasteiger partial charge in [-0.3, -0.25) is 9.59 Å². The molecule has 0 spiro atoms. The lowest BCUT2D eigenvalue weighted by Crippen LogP contribution is -2.47. The lowest BCUT2D eigenvalue weighted by atomic mass is 10.0. The minimum absolute atomic E-state index is 0.0463. The normalized spacial score (nSPS) is 21.2. The summed E-state index contributed by atoms with van der Waals surface area (Å²) in [5.74, 6) is -0.0617. The maximum atomic E-state index is 13.8. The molecule has 2 aromatic carbocycles. The van der Waals surface area contributed by atoms with E-state index in [1.807, 2.05) is 67.3 Å². The van der Waals surface area contributed by atoms with Gasteiger partial charge in [0.05, 0.1) is 30.6 Å². The number of rotatable bonds is 7. The summed E-state index contributed by atoms with van der Waals surface area (Å²) in [6.45, 7) is 7.22. The van der Waals surface area contributed by atoms with Gasteiger partial charge in [-0.25, -0.2) is 4.90 Å². The number of benzene rings is 2. The van der Waals surface area contributed by atoms with Crippen LogP contribution in [0.3, 0.4) is 0 Å². The third-order valence-electron chi connectivity index (χ3n) is 6.19. The van der Waals surface area contributed by atoms with Crippen molar-refractivity contribution in [1.82, 2.24) is 4.90 Å². The summed E-state index contributed by atoms with van der Waals surface area (Å²) in [5, 5.41) is 0. The number of hydrogen-bond acceptors (Lipinski definition) is 5. The number of unbranched alkanes of at least 4 members (excludes halogenated alkanes) is 1. The molecule has 4 rings (SSSR count). The van der Waals surface area contributed by atoms with E-state index in [2.05, 4.69) is 6.92 Å². The van der Waals surface area contributed by atoms with Crippen molar-refractivity contribution in [2.24, 2.45) is 0 Å². The first-order chi connectivity index (χ1) is 15.9. The predicted molar refractivity (Wildman–Crippen MR) is 129 cm³/mol. The van der Waals surface area contributed by atoms with Crippen LogP contribution >= 0.6 is 0 Å². The minimum atomic E-state index is -0.326. The highest BCUT2D eigenvalue weighted by atomic mass is 16.5. The minimum Gasteiger partial charge on any atom is -0.496 e. The zero-order chi connectivity index (χ0) is 23.5. The number of methoxy groups -OCH3 is 1. The molecule has 2 atom stereocenters. The van der Waals surface area contributed by atoms with Gasteiger partial charge in [-0.2, -0.15) is 0 Å². The molecule has 0 aromatic heterocycles. The van der Waals surface area contributed by atoms with Crippen LogP contribution in [0.4, 0.5) is 5.69 Å². The molecular formula is C27H32N2O4. The Morgan fingerprint density at radius 2 is 1.64 bits per heavy atom. The van der Waals surface area contributed by atoms with E-state index in [0.29, 0.717) is 41.4 Å². The van der Waals surface area contributed by atoms with Gasteiger partial charge in [0, 0.05) is 18.7 Å². The first kappa shape index (κ1) is 23.1. The Morgan fingerprint density at radius 3 is 2.27 bits per heavy atom. The fourth-order valence-electron chi connectivity index (χ4n) is 4.69. The van der Waals surface area contributed by atoms with Crippen molar-refractivity contribution in [2.45, 2.75) is 52.2 Å². The van der Waals surface area contributed by atoms with Crippen LogP contribution in [-0.2, 0) is 20.7 Å². The SMILES string of the molecule is CCCCc1ccc(N2C(=O)C(c3ccccc3OC)=C(N3CC(C)OC(C)C3)C2=O)cc1. The van der Waals surface area contributed by atoms with Gasteiger partial charge in [-0.05, 0) is 50.5 Å². The topological polar surface area (TPSA) is 59.1 Å². The molecule has 1 fully saturated rings. The Balaban J connectivity index is 1.78. The molecule has 0 N–H and O–H groups in total. The molecule has 174 valence electrons. The Hall–Kier alpha value is -3.12. The highest BCUT2D eigenvalue weighted by molar-refractivity contribution is 6.45. The van der Waals surface area contributed by atoms with E-state index in [1.54, 1.807) is 7.11 Å². The summed E-state index contributed by atoms with van der Waals surface area (Å²) < 4.78 is 11.4. The number of imide groups is 1. The molecule has 6 heteroatoms. The van der Waals surface area contributed by atoms with Crippen LogP contribution in [0.15, 0.2) is 54.2 Å². The highest BCUT2D eigenvalue weighted by Crippen LogP contribution is 2.39. The number of aryl methyl sites for hydroxylation is 1. The average molecular weight is 449 g/mol. The smallest absolute Gasteiger partial charge is 0.282 e. The maximum absolute atomic E-state index is 13.8. The van der Waals surface area contributed by atoms with Crippen LogP contribution in [-0.4, -0.2) is 49.1 Å². The molecule has 6 nitrogen and oxygen atoms in total. The fraction of sp³-hybridized carbons (Fsp3) is 0.407. The van der Waals surface area contributed by atoms with Crippen molar-refractivity contribution in [3.05, 3.63) is 65.4 Å². The second-order valence-corrected chi connectivity index (χ2v) is 8.80. The number of morpholine rings is 1. The van der Waals surface area contributed by atoms with Gasteiger partial charge in [0.2, 0.25) is 0 Å². The van der Waals surface area contributed by atoms with E-state index in [1.165, 1.54) is 10.5 Å². The van der Waals surface area contributed by atoms with Crippen molar-refractivity contribution >= 4 is 23.1 Å². The molecule has 2 heterocycles. The number of amides is 2. The van der Waals surface area contributed by atoms with Gasteiger partial charge < -0.3 is 14.4 Å². The molecule has 0 radical (unpaired) electrons. The van der Waals surface area contributed by atoms with Crippen LogP contribution in [0.2, 0.25) is 0 Å². The van der Waals surface area contributed by atoms with E-state index >= 15 is 0 Å². The molecular weight excluding hydrogens is 416 g/mol.